The molecule has 0 radical (unpaired) electrons. The van der Waals surface area contributed by atoms with E-state index in [2.05, 4.69) is 0 Å². The molecule has 0 aromatic heterocycles. The van der Waals surface area contributed by atoms with Crippen molar-refractivity contribution < 1.29 is 17.9 Å². The Morgan fingerprint density at radius 1 is 1.25 bits per heavy atom. The fraction of sp³-hybridized carbons (Fsp3) is 0.364. The first-order valence-electron chi connectivity index (χ1n) is 5.03. The van der Waals surface area contributed by atoms with Gasteiger partial charge < -0.3 is 4.74 Å². The Hall–Kier alpha value is -1.36. The Balaban J connectivity index is 1.99. The first-order chi connectivity index (χ1) is 7.57. The lowest BCUT2D eigenvalue weighted by atomic mass is 10.2. The first kappa shape index (κ1) is 11.1. The topological polar surface area (TPSA) is 60.4 Å². The molecule has 86 valence electrons. The Labute approximate surface area is 94.2 Å². The van der Waals surface area contributed by atoms with E-state index >= 15 is 0 Å². The molecule has 2 rings (SSSR count). The molecule has 0 N–H and O–H groups in total. The summed E-state index contributed by atoms with van der Waals surface area (Å²) in [5.74, 6) is -0.395. The van der Waals surface area contributed by atoms with Crippen LogP contribution in [0.15, 0.2) is 30.3 Å². The molecule has 0 spiro atoms. The molecule has 1 aliphatic heterocycles. The van der Waals surface area contributed by atoms with Gasteiger partial charge in [0.1, 0.15) is 6.10 Å². The number of rotatable bonds is 2. The van der Waals surface area contributed by atoms with Crippen molar-refractivity contribution in [3.05, 3.63) is 35.9 Å². The van der Waals surface area contributed by atoms with Gasteiger partial charge >= 0.3 is 5.97 Å². The van der Waals surface area contributed by atoms with Crippen LogP contribution in [0.5, 0.6) is 0 Å². The predicted molar refractivity (Wildman–Crippen MR) is 58.9 cm³/mol. The second-order valence-corrected chi connectivity index (χ2v) is 6.03. The monoisotopic (exact) mass is 240 g/mol. The number of hydrogen-bond acceptors (Lipinski definition) is 4. The number of carbonyl (C=O) groups is 1. The molecule has 0 unspecified atom stereocenters. The molecule has 4 nitrogen and oxygen atoms in total. The molecule has 0 saturated carbocycles. The van der Waals surface area contributed by atoms with E-state index in [1.165, 1.54) is 0 Å². The van der Waals surface area contributed by atoms with Crippen molar-refractivity contribution in [3.63, 3.8) is 0 Å². The summed E-state index contributed by atoms with van der Waals surface area (Å²) in [4.78, 5) is 11.6. The number of benzene rings is 1. The van der Waals surface area contributed by atoms with Gasteiger partial charge in [0.2, 0.25) is 0 Å². The molecule has 1 aromatic carbocycles. The van der Waals surface area contributed by atoms with Crippen molar-refractivity contribution in [2.24, 2.45) is 0 Å². The van der Waals surface area contributed by atoms with E-state index in [0.29, 0.717) is 12.0 Å². The van der Waals surface area contributed by atoms with Gasteiger partial charge in [0.05, 0.1) is 17.1 Å². The van der Waals surface area contributed by atoms with Crippen LogP contribution in [0.25, 0.3) is 0 Å². The van der Waals surface area contributed by atoms with Gasteiger partial charge in [0, 0.05) is 0 Å². The number of hydrogen-bond donors (Lipinski definition) is 0. The highest BCUT2D eigenvalue weighted by atomic mass is 32.2. The van der Waals surface area contributed by atoms with Gasteiger partial charge in [-0.25, -0.2) is 13.2 Å². The average molecular weight is 240 g/mol. The van der Waals surface area contributed by atoms with Gasteiger partial charge in [-0.3, -0.25) is 0 Å². The molecule has 1 heterocycles. The van der Waals surface area contributed by atoms with Gasteiger partial charge in [-0.15, -0.1) is 0 Å². The number of ether oxygens (including phenoxy) is 1. The van der Waals surface area contributed by atoms with Crippen LogP contribution in [-0.4, -0.2) is 32.0 Å². The van der Waals surface area contributed by atoms with Crippen molar-refractivity contribution in [1.29, 1.82) is 0 Å². The minimum Gasteiger partial charge on any atom is -0.458 e. The molecule has 0 amide bonds. The molecule has 1 saturated heterocycles. The number of carbonyl (C=O) groups excluding carboxylic acids is 1. The molecule has 5 heteroatoms. The third-order valence-corrected chi connectivity index (χ3v) is 4.21. The quantitative estimate of drug-likeness (QED) is 0.724. The Morgan fingerprint density at radius 2 is 1.94 bits per heavy atom. The van der Waals surface area contributed by atoms with Crippen LogP contribution >= 0.6 is 0 Å². The van der Waals surface area contributed by atoms with Crippen LogP contribution in [0, 0.1) is 0 Å². The smallest absolute Gasteiger partial charge is 0.338 e. The minimum absolute atomic E-state index is 0.0500. The summed E-state index contributed by atoms with van der Waals surface area (Å²) in [6.45, 7) is 0. The maximum atomic E-state index is 11.6. The lowest BCUT2D eigenvalue weighted by Crippen LogP contribution is -2.19. The van der Waals surface area contributed by atoms with E-state index in [1.54, 1.807) is 30.3 Å². The van der Waals surface area contributed by atoms with Crippen LogP contribution in [0.3, 0.4) is 0 Å². The summed E-state index contributed by atoms with van der Waals surface area (Å²) in [6.07, 6.45) is -0.0846. The molecule has 1 fully saturated rings. The van der Waals surface area contributed by atoms with Crippen molar-refractivity contribution in [3.8, 4) is 0 Å². The highest BCUT2D eigenvalue weighted by molar-refractivity contribution is 7.91. The third kappa shape index (κ3) is 2.61. The summed E-state index contributed by atoms with van der Waals surface area (Å²) >= 11 is 0. The maximum Gasteiger partial charge on any atom is 0.338 e. The number of esters is 1. The second kappa shape index (κ2) is 4.25. The zero-order valence-electron chi connectivity index (χ0n) is 8.63. The molecular formula is C11H12O4S. The van der Waals surface area contributed by atoms with Crippen LogP contribution < -0.4 is 0 Å². The summed E-state index contributed by atoms with van der Waals surface area (Å²) in [6, 6.07) is 8.57. The van der Waals surface area contributed by atoms with Gasteiger partial charge in [-0.2, -0.15) is 0 Å². The fourth-order valence-corrected chi connectivity index (χ4v) is 3.24. The molecular weight excluding hydrogens is 228 g/mol. The maximum absolute atomic E-state index is 11.6. The van der Waals surface area contributed by atoms with E-state index in [9.17, 15) is 13.2 Å². The second-order valence-electron chi connectivity index (χ2n) is 3.80. The standard InChI is InChI=1S/C11H12O4S/c12-11(9-4-2-1-3-5-9)15-10-6-7-16(13,14)8-10/h1-5,10H,6-8H2/t10-/m1/s1. The number of sulfone groups is 1. The summed E-state index contributed by atoms with van der Waals surface area (Å²) in [7, 11) is -3.00. The van der Waals surface area contributed by atoms with Crippen molar-refractivity contribution in [2.75, 3.05) is 11.5 Å². The van der Waals surface area contributed by atoms with Crippen molar-refractivity contribution in [2.45, 2.75) is 12.5 Å². The molecule has 16 heavy (non-hydrogen) atoms. The lowest BCUT2D eigenvalue weighted by Gasteiger charge is -2.09. The molecule has 1 aliphatic rings. The molecule has 1 atom stereocenters. The van der Waals surface area contributed by atoms with Crippen LogP contribution in [-0.2, 0) is 14.6 Å². The highest BCUT2D eigenvalue weighted by Crippen LogP contribution is 2.16. The molecule has 1 aromatic rings. The van der Waals surface area contributed by atoms with Crippen molar-refractivity contribution in [1.82, 2.24) is 0 Å². The zero-order chi connectivity index (χ0) is 11.6. The van der Waals surface area contributed by atoms with Crippen LogP contribution in [0.2, 0.25) is 0 Å². The predicted octanol–water partition coefficient (Wildman–Crippen LogP) is 1.03. The van der Waals surface area contributed by atoms with E-state index in [1.807, 2.05) is 0 Å². The van der Waals surface area contributed by atoms with Gasteiger partial charge in [0.25, 0.3) is 0 Å². The van der Waals surface area contributed by atoms with E-state index in [0.717, 1.165) is 0 Å². The zero-order valence-corrected chi connectivity index (χ0v) is 9.44. The van der Waals surface area contributed by atoms with Crippen LogP contribution in [0.4, 0.5) is 0 Å². The summed E-state index contributed by atoms with van der Waals surface area (Å²) in [5, 5.41) is 0. The summed E-state index contributed by atoms with van der Waals surface area (Å²) in [5.41, 5.74) is 0.451. The summed E-state index contributed by atoms with van der Waals surface area (Å²) < 4.78 is 27.5. The van der Waals surface area contributed by atoms with Crippen molar-refractivity contribution >= 4 is 15.8 Å². The normalized spacial score (nSPS) is 22.9. The Morgan fingerprint density at radius 3 is 2.50 bits per heavy atom. The van der Waals surface area contributed by atoms with E-state index < -0.39 is 21.9 Å². The average Bonchev–Trinajstić information content (AvgIpc) is 2.59. The largest absolute Gasteiger partial charge is 0.458 e. The Bertz CT molecular complexity index is 478. The molecule has 0 bridgehead atoms. The van der Waals surface area contributed by atoms with Gasteiger partial charge in [0.15, 0.2) is 9.84 Å². The first-order valence-corrected chi connectivity index (χ1v) is 6.85. The van der Waals surface area contributed by atoms with Gasteiger partial charge in [-0.1, -0.05) is 18.2 Å². The van der Waals surface area contributed by atoms with Crippen LogP contribution in [0.1, 0.15) is 16.8 Å². The van der Waals surface area contributed by atoms with E-state index in [-0.39, 0.29) is 11.5 Å². The Kier molecular flexibility index (Phi) is 2.96. The van der Waals surface area contributed by atoms with E-state index in [4.69, 9.17) is 4.74 Å². The minimum atomic E-state index is -3.00. The molecule has 0 aliphatic carbocycles. The fourth-order valence-electron chi connectivity index (χ4n) is 1.65. The third-order valence-electron chi connectivity index (χ3n) is 2.47. The lowest BCUT2D eigenvalue weighted by molar-refractivity contribution is 0.0356. The SMILES string of the molecule is O=C(O[C@@H]1CCS(=O)(=O)C1)c1ccccc1. The van der Waals surface area contributed by atoms with Gasteiger partial charge in [-0.05, 0) is 18.6 Å². The highest BCUT2D eigenvalue weighted by Gasteiger charge is 2.30.